The molecule has 0 radical (unpaired) electrons. The summed E-state index contributed by atoms with van der Waals surface area (Å²) in [6.45, 7) is 0.103. The lowest BCUT2D eigenvalue weighted by Crippen LogP contribution is -2.27. The molecule has 1 saturated carbocycles. The Hall–Kier alpha value is -1.02. The van der Waals surface area contributed by atoms with Gasteiger partial charge in [-0.2, -0.15) is 5.21 Å². The lowest BCUT2D eigenvalue weighted by Gasteiger charge is -2.02. The molecule has 1 fully saturated rings. The van der Waals surface area contributed by atoms with Gasteiger partial charge in [0.15, 0.2) is 5.82 Å². The van der Waals surface area contributed by atoms with Gasteiger partial charge >= 0.3 is 0 Å². The molecule has 1 aromatic rings. The standard InChI is InChI=1S/C6H11N5O2S/c12-14(13,4-5-1-2-5)7-3-6-8-10-11-9-6/h5,7H,1-4H2,(H,8,9,10,11). The summed E-state index contributed by atoms with van der Waals surface area (Å²) < 4.78 is 25.2. The second kappa shape index (κ2) is 3.62. The lowest BCUT2D eigenvalue weighted by atomic mass is 10.5. The Morgan fingerprint density at radius 2 is 2.29 bits per heavy atom. The van der Waals surface area contributed by atoms with E-state index in [1.54, 1.807) is 0 Å². The van der Waals surface area contributed by atoms with E-state index in [9.17, 15) is 8.42 Å². The largest absolute Gasteiger partial charge is 0.212 e. The Kier molecular flexibility index (Phi) is 2.46. The summed E-state index contributed by atoms with van der Waals surface area (Å²) in [5.74, 6) is 0.910. The lowest BCUT2D eigenvalue weighted by molar-refractivity contribution is 0.575. The number of hydrogen-bond acceptors (Lipinski definition) is 5. The van der Waals surface area contributed by atoms with E-state index < -0.39 is 10.0 Å². The second-order valence-electron chi connectivity index (χ2n) is 3.37. The Balaban J connectivity index is 1.84. The summed E-state index contributed by atoms with van der Waals surface area (Å²) in [7, 11) is -3.17. The molecule has 2 rings (SSSR count). The van der Waals surface area contributed by atoms with Crippen molar-refractivity contribution in [2.45, 2.75) is 19.4 Å². The van der Waals surface area contributed by atoms with Crippen LogP contribution in [0.4, 0.5) is 0 Å². The highest BCUT2D eigenvalue weighted by Gasteiger charge is 2.27. The van der Waals surface area contributed by atoms with Crippen LogP contribution in [0, 0.1) is 5.92 Å². The van der Waals surface area contributed by atoms with E-state index in [4.69, 9.17) is 0 Å². The molecule has 1 aliphatic carbocycles. The van der Waals surface area contributed by atoms with Gasteiger partial charge in [0.25, 0.3) is 0 Å². The van der Waals surface area contributed by atoms with Crippen molar-refractivity contribution in [2.75, 3.05) is 5.75 Å². The number of nitrogens with one attached hydrogen (secondary N) is 2. The third kappa shape index (κ3) is 2.74. The van der Waals surface area contributed by atoms with Crippen LogP contribution in [0.2, 0.25) is 0 Å². The molecule has 8 heteroatoms. The number of sulfonamides is 1. The number of nitrogens with zero attached hydrogens (tertiary/aromatic N) is 3. The zero-order valence-electron chi connectivity index (χ0n) is 7.47. The predicted molar refractivity (Wildman–Crippen MR) is 47.5 cm³/mol. The van der Waals surface area contributed by atoms with Gasteiger partial charge < -0.3 is 0 Å². The third-order valence-corrected chi connectivity index (χ3v) is 3.49. The quantitative estimate of drug-likeness (QED) is 0.660. The SMILES string of the molecule is O=S(=O)(CC1CC1)NCc1nn[nH]n1. The fraction of sp³-hybridized carbons (Fsp3) is 0.833. The van der Waals surface area contributed by atoms with E-state index in [0.717, 1.165) is 12.8 Å². The number of aromatic nitrogens is 4. The van der Waals surface area contributed by atoms with E-state index in [-0.39, 0.29) is 12.3 Å². The van der Waals surface area contributed by atoms with Gasteiger partial charge in [-0.25, -0.2) is 13.1 Å². The molecule has 1 heterocycles. The number of H-pyrrole nitrogens is 1. The van der Waals surface area contributed by atoms with Crippen molar-refractivity contribution in [3.05, 3.63) is 5.82 Å². The molecule has 0 aliphatic heterocycles. The van der Waals surface area contributed by atoms with Crippen molar-refractivity contribution in [2.24, 2.45) is 5.92 Å². The smallest absolute Gasteiger partial charge is 0.212 e. The van der Waals surface area contributed by atoms with Crippen LogP contribution in [0.5, 0.6) is 0 Å². The van der Waals surface area contributed by atoms with Gasteiger partial charge in [0.1, 0.15) is 0 Å². The van der Waals surface area contributed by atoms with Crippen molar-refractivity contribution in [3.63, 3.8) is 0 Å². The third-order valence-electron chi connectivity index (χ3n) is 1.99. The van der Waals surface area contributed by atoms with E-state index in [0.29, 0.717) is 11.7 Å². The molecule has 2 N–H and O–H groups in total. The second-order valence-corrected chi connectivity index (χ2v) is 5.23. The molecule has 0 unspecified atom stereocenters. The fourth-order valence-corrected chi connectivity index (χ4v) is 2.51. The number of hydrogen-bond donors (Lipinski definition) is 2. The van der Waals surface area contributed by atoms with E-state index in [1.807, 2.05) is 0 Å². The maximum atomic E-state index is 11.4. The fourth-order valence-electron chi connectivity index (χ4n) is 1.09. The van der Waals surface area contributed by atoms with Crippen LogP contribution in [0.15, 0.2) is 0 Å². The Morgan fingerprint density at radius 3 is 2.86 bits per heavy atom. The molecule has 14 heavy (non-hydrogen) atoms. The number of tetrazole rings is 1. The van der Waals surface area contributed by atoms with Crippen LogP contribution < -0.4 is 4.72 Å². The van der Waals surface area contributed by atoms with Gasteiger partial charge in [-0.3, -0.25) is 0 Å². The van der Waals surface area contributed by atoms with Crippen molar-refractivity contribution in [3.8, 4) is 0 Å². The molecule has 78 valence electrons. The van der Waals surface area contributed by atoms with Gasteiger partial charge in [0.2, 0.25) is 10.0 Å². The molecule has 0 amide bonds. The zero-order chi connectivity index (χ0) is 10.0. The molecular weight excluding hydrogens is 206 g/mol. The van der Waals surface area contributed by atoms with Gasteiger partial charge in [0.05, 0.1) is 12.3 Å². The highest BCUT2D eigenvalue weighted by molar-refractivity contribution is 7.89. The summed E-state index contributed by atoms with van der Waals surface area (Å²) in [6.07, 6.45) is 2.03. The minimum Gasteiger partial charge on any atom is -0.212 e. The summed E-state index contributed by atoms with van der Waals surface area (Å²) in [6, 6.07) is 0. The maximum Gasteiger partial charge on any atom is 0.212 e. The topological polar surface area (TPSA) is 101 Å². The minimum absolute atomic E-state index is 0.103. The van der Waals surface area contributed by atoms with Gasteiger partial charge in [-0.15, -0.1) is 10.2 Å². The minimum atomic E-state index is -3.17. The molecule has 0 spiro atoms. The molecule has 0 atom stereocenters. The van der Waals surface area contributed by atoms with Crippen molar-refractivity contribution in [1.82, 2.24) is 25.3 Å². The van der Waals surface area contributed by atoms with E-state index in [2.05, 4.69) is 25.3 Å². The average molecular weight is 217 g/mol. The monoisotopic (exact) mass is 217 g/mol. The highest BCUT2D eigenvalue weighted by atomic mass is 32.2. The molecule has 1 aromatic heterocycles. The van der Waals surface area contributed by atoms with Crippen molar-refractivity contribution in [1.29, 1.82) is 0 Å². The summed E-state index contributed by atoms with van der Waals surface area (Å²) >= 11 is 0. The Bertz CT molecular complexity index is 382. The first kappa shape index (κ1) is 9.53. The van der Waals surface area contributed by atoms with Crippen LogP contribution in [-0.2, 0) is 16.6 Å². The van der Waals surface area contributed by atoms with Gasteiger partial charge in [-0.1, -0.05) is 5.21 Å². The van der Waals surface area contributed by atoms with E-state index >= 15 is 0 Å². The Morgan fingerprint density at radius 1 is 1.50 bits per heavy atom. The molecule has 7 nitrogen and oxygen atoms in total. The molecular formula is C6H11N5O2S. The normalized spacial score (nSPS) is 17.1. The summed E-state index contributed by atoms with van der Waals surface area (Å²) in [5.41, 5.74) is 0. The molecule has 1 aliphatic rings. The molecule has 0 bridgehead atoms. The number of aromatic amines is 1. The van der Waals surface area contributed by atoms with Gasteiger partial charge in [-0.05, 0) is 18.8 Å². The first-order valence-corrected chi connectivity index (χ1v) is 6.00. The van der Waals surface area contributed by atoms with Crippen LogP contribution >= 0.6 is 0 Å². The van der Waals surface area contributed by atoms with Crippen LogP contribution in [-0.4, -0.2) is 34.8 Å². The van der Waals surface area contributed by atoms with Crippen LogP contribution in [0.1, 0.15) is 18.7 Å². The average Bonchev–Trinajstić information content (AvgIpc) is 2.78. The highest BCUT2D eigenvalue weighted by Crippen LogP contribution is 2.29. The molecule has 0 saturated heterocycles. The van der Waals surface area contributed by atoms with Crippen molar-refractivity contribution < 1.29 is 8.42 Å². The van der Waals surface area contributed by atoms with Crippen molar-refractivity contribution >= 4 is 10.0 Å². The Labute approximate surface area is 81.3 Å². The van der Waals surface area contributed by atoms with E-state index in [1.165, 1.54) is 0 Å². The summed E-state index contributed by atoms with van der Waals surface area (Å²) in [4.78, 5) is 0. The number of rotatable bonds is 5. The van der Waals surface area contributed by atoms with Gasteiger partial charge in [0, 0.05) is 0 Å². The van der Waals surface area contributed by atoms with Crippen LogP contribution in [0.3, 0.4) is 0 Å². The zero-order valence-corrected chi connectivity index (χ0v) is 8.29. The maximum absolute atomic E-state index is 11.4. The molecule has 0 aromatic carbocycles. The first-order chi connectivity index (χ1) is 6.66. The predicted octanol–water partition coefficient (Wildman–Crippen LogP) is -0.971. The van der Waals surface area contributed by atoms with Crippen LogP contribution in [0.25, 0.3) is 0 Å². The first-order valence-electron chi connectivity index (χ1n) is 4.35. The summed E-state index contributed by atoms with van der Waals surface area (Å²) in [5, 5.41) is 12.9.